The van der Waals surface area contributed by atoms with Crippen LogP contribution in [0.4, 0.5) is 0 Å². The van der Waals surface area contributed by atoms with E-state index in [1.165, 1.54) is 0 Å². The minimum atomic E-state index is 0.287. The Morgan fingerprint density at radius 2 is 1.07 bits per heavy atom. The number of Topliss-reactive ketones (excluding diaryl/α,β-unsaturated/α-hetero) is 2. The van der Waals surface area contributed by atoms with E-state index in [0.717, 1.165) is 23.5 Å². The molecule has 0 aliphatic carbocycles. The Morgan fingerprint density at radius 3 is 1.36 bits per heavy atom. The molecule has 0 aliphatic heterocycles. The van der Waals surface area contributed by atoms with Crippen LogP contribution in [0, 0.1) is 0 Å². The first-order valence-corrected chi connectivity index (χ1v) is 7.10. The van der Waals surface area contributed by atoms with E-state index in [-0.39, 0.29) is 11.6 Å². The predicted octanol–water partition coefficient (Wildman–Crippen LogP) is 3.26. The SMILES string of the molecule is O=C(CCBr)CCCCC(=O)CCBr. The molecule has 0 rings (SSSR count). The summed E-state index contributed by atoms with van der Waals surface area (Å²) in [6.45, 7) is 0. The third kappa shape index (κ3) is 8.88. The summed E-state index contributed by atoms with van der Waals surface area (Å²) in [6.07, 6.45) is 4.14. The van der Waals surface area contributed by atoms with Crippen LogP contribution in [0.1, 0.15) is 38.5 Å². The molecule has 0 fully saturated rings. The number of alkyl halides is 2. The molecule has 0 saturated carbocycles. The number of ketones is 2. The minimum Gasteiger partial charge on any atom is -0.300 e. The highest BCUT2D eigenvalue weighted by molar-refractivity contribution is 9.09. The highest BCUT2D eigenvalue weighted by atomic mass is 79.9. The molecule has 0 saturated heterocycles. The Hall–Kier alpha value is 0.300. The summed E-state index contributed by atoms with van der Waals surface area (Å²) < 4.78 is 0. The smallest absolute Gasteiger partial charge is 0.133 e. The van der Waals surface area contributed by atoms with Crippen LogP contribution in [0.2, 0.25) is 0 Å². The van der Waals surface area contributed by atoms with Crippen LogP contribution in [0.5, 0.6) is 0 Å². The third-order valence-electron chi connectivity index (χ3n) is 1.91. The first kappa shape index (κ1) is 14.3. The monoisotopic (exact) mass is 326 g/mol. The van der Waals surface area contributed by atoms with Crippen LogP contribution >= 0.6 is 31.9 Å². The molecule has 0 bridgehead atoms. The van der Waals surface area contributed by atoms with Gasteiger partial charge in [-0.3, -0.25) is 9.59 Å². The fourth-order valence-electron chi connectivity index (χ4n) is 1.11. The average molecular weight is 328 g/mol. The summed E-state index contributed by atoms with van der Waals surface area (Å²) in [5.41, 5.74) is 0. The van der Waals surface area contributed by atoms with Gasteiger partial charge in [-0.05, 0) is 12.8 Å². The van der Waals surface area contributed by atoms with Gasteiger partial charge < -0.3 is 0 Å². The Labute approximate surface area is 102 Å². The first-order valence-electron chi connectivity index (χ1n) is 4.86. The molecule has 14 heavy (non-hydrogen) atoms. The molecule has 0 N–H and O–H groups in total. The standard InChI is InChI=1S/C10H16Br2O2/c11-7-5-9(13)3-1-2-4-10(14)6-8-12/h1-8H2. The predicted molar refractivity (Wildman–Crippen MR) is 65.3 cm³/mol. The maximum absolute atomic E-state index is 11.1. The molecule has 0 atom stereocenters. The lowest BCUT2D eigenvalue weighted by atomic mass is 10.1. The zero-order valence-corrected chi connectivity index (χ0v) is 11.4. The first-order chi connectivity index (χ1) is 6.70. The lowest BCUT2D eigenvalue weighted by Gasteiger charge is -1.99. The molecular formula is C10H16Br2O2. The molecule has 0 amide bonds. The van der Waals surface area contributed by atoms with Gasteiger partial charge in [-0.2, -0.15) is 0 Å². The van der Waals surface area contributed by atoms with Crippen LogP contribution in [0.15, 0.2) is 0 Å². The van der Waals surface area contributed by atoms with Gasteiger partial charge in [-0.1, -0.05) is 31.9 Å². The number of halogens is 2. The highest BCUT2D eigenvalue weighted by Gasteiger charge is 2.03. The summed E-state index contributed by atoms with van der Waals surface area (Å²) in [4.78, 5) is 22.2. The maximum atomic E-state index is 11.1. The Kier molecular flexibility index (Phi) is 10.1. The maximum Gasteiger partial charge on any atom is 0.133 e. The summed E-state index contributed by atoms with van der Waals surface area (Å²) in [6, 6.07) is 0. The van der Waals surface area contributed by atoms with Gasteiger partial charge in [-0.15, -0.1) is 0 Å². The van der Waals surface area contributed by atoms with E-state index in [1.54, 1.807) is 0 Å². The van der Waals surface area contributed by atoms with Crippen molar-refractivity contribution in [2.75, 3.05) is 10.7 Å². The molecule has 0 aromatic rings. The van der Waals surface area contributed by atoms with Gasteiger partial charge in [-0.25, -0.2) is 0 Å². The van der Waals surface area contributed by atoms with Gasteiger partial charge in [0.25, 0.3) is 0 Å². The largest absolute Gasteiger partial charge is 0.300 e. The van der Waals surface area contributed by atoms with Gasteiger partial charge >= 0.3 is 0 Å². The second-order valence-electron chi connectivity index (χ2n) is 3.16. The van der Waals surface area contributed by atoms with E-state index in [1.807, 2.05) is 0 Å². The molecule has 0 aliphatic rings. The second-order valence-corrected chi connectivity index (χ2v) is 4.75. The third-order valence-corrected chi connectivity index (χ3v) is 2.70. The molecular weight excluding hydrogens is 312 g/mol. The zero-order chi connectivity index (χ0) is 10.8. The Morgan fingerprint density at radius 1 is 0.714 bits per heavy atom. The Bertz CT molecular complexity index is 161. The van der Waals surface area contributed by atoms with E-state index < -0.39 is 0 Å². The van der Waals surface area contributed by atoms with Crippen LogP contribution < -0.4 is 0 Å². The molecule has 0 radical (unpaired) electrons. The van der Waals surface area contributed by atoms with Crippen LogP contribution in [-0.4, -0.2) is 22.2 Å². The normalized spacial score (nSPS) is 10.1. The van der Waals surface area contributed by atoms with Crippen molar-refractivity contribution in [3.05, 3.63) is 0 Å². The van der Waals surface area contributed by atoms with E-state index in [0.29, 0.717) is 25.7 Å². The quantitative estimate of drug-likeness (QED) is 0.481. The van der Waals surface area contributed by atoms with Crippen molar-refractivity contribution >= 4 is 43.4 Å². The number of rotatable bonds is 9. The second kappa shape index (κ2) is 9.84. The molecule has 82 valence electrons. The lowest BCUT2D eigenvalue weighted by molar-refractivity contribution is -0.120. The molecule has 0 unspecified atom stereocenters. The van der Waals surface area contributed by atoms with Crippen molar-refractivity contribution in [1.82, 2.24) is 0 Å². The number of hydrogen-bond donors (Lipinski definition) is 0. The van der Waals surface area contributed by atoms with E-state index in [2.05, 4.69) is 31.9 Å². The Balaban J connectivity index is 3.28. The van der Waals surface area contributed by atoms with Gasteiger partial charge in [0.2, 0.25) is 0 Å². The van der Waals surface area contributed by atoms with Crippen molar-refractivity contribution < 1.29 is 9.59 Å². The van der Waals surface area contributed by atoms with Crippen molar-refractivity contribution in [2.24, 2.45) is 0 Å². The van der Waals surface area contributed by atoms with Gasteiger partial charge in [0.05, 0.1) is 0 Å². The van der Waals surface area contributed by atoms with Crippen molar-refractivity contribution in [3.63, 3.8) is 0 Å². The lowest BCUT2D eigenvalue weighted by Crippen LogP contribution is -2.01. The average Bonchev–Trinajstić information content (AvgIpc) is 2.13. The highest BCUT2D eigenvalue weighted by Crippen LogP contribution is 2.05. The number of hydrogen-bond acceptors (Lipinski definition) is 2. The molecule has 0 aromatic heterocycles. The number of unbranched alkanes of at least 4 members (excludes halogenated alkanes) is 1. The fraction of sp³-hybridized carbons (Fsp3) is 0.800. The fourth-order valence-corrected chi connectivity index (χ4v) is 1.99. The topological polar surface area (TPSA) is 34.1 Å². The van der Waals surface area contributed by atoms with E-state index in [9.17, 15) is 9.59 Å². The van der Waals surface area contributed by atoms with Crippen LogP contribution in [0.3, 0.4) is 0 Å². The minimum absolute atomic E-state index is 0.287. The van der Waals surface area contributed by atoms with Crippen LogP contribution in [-0.2, 0) is 9.59 Å². The van der Waals surface area contributed by atoms with Crippen molar-refractivity contribution in [3.8, 4) is 0 Å². The van der Waals surface area contributed by atoms with Gasteiger partial charge in [0.15, 0.2) is 0 Å². The van der Waals surface area contributed by atoms with Crippen molar-refractivity contribution in [1.29, 1.82) is 0 Å². The van der Waals surface area contributed by atoms with E-state index >= 15 is 0 Å². The molecule has 0 spiro atoms. The molecule has 4 heteroatoms. The molecule has 0 aromatic carbocycles. The number of carbonyl (C=O) groups is 2. The molecule has 0 heterocycles. The summed E-state index contributed by atoms with van der Waals surface area (Å²) in [5, 5.41) is 1.49. The zero-order valence-electron chi connectivity index (χ0n) is 8.23. The number of carbonyl (C=O) groups excluding carboxylic acids is 2. The molecule has 2 nitrogen and oxygen atoms in total. The van der Waals surface area contributed by atoms with Gasteiger partial charge in [0.1, 0.15) is 11.6 Å². The summed E-state index contributed by atoms with van der Waals surface area (Å²) in [5.74, 6) is 0.574. The summed E-state index contributed by atoms with van der Waals surface area (Å²) >= 11 is 6.45. The van der Waals surface area contributed by atoms with Crippen LogP contribution in [0.25, 0.3) is 0 Å². The van der Waals surface area contributed by atoms with E-state index in [4.69, 9.17) is 0 Å². The summed E-state index contributed by atoms with van der Waals surface area (Å²) in [7, 11) is 0. The van der Waals surface area contributed by atoms with Gasteiger partial charge in [0, 0.05) is 36.3 Å². The van der Waals surface area contributed by atoms with Crippen molar-refractivity contribution in [2.45, 2.75) is 38.5 Å².